The number of methoxy groups -OCH3 is 1. The summed E-state index contributed by atoms with van der Waals surface area (Å²) in [4.78, 5) is 8.87. The molecule has 1 aliphatic rings. The number of ether oxygens (including phenoxy) is 2. The molecule has 0 amide bonds. The number of rotatable bonds is 5. The van der Waals surface area contributed by atoms with Gasteiger partial charge in [0.25, 0.3) is 0 Å². The number of nitriles is 2. The molecule has 10 nitrogen and oxygen atoms in total. The zero-order valence-corrected chi connectivity index (χ0v) is 18.7. The van der Waals surface area contributed by atoms with Crippen molar-refractivity contribution in [3.8, 4) is 23.8 Å². The van der Waals surface area contributed by atoms with Gasteiger partial charge >= 0.3 is 0 Å². The molecule has 1 aromatic heterocycles. The zero-order chi connectivity index (χ0) is 24.2. The molecule has 0 saturated carbocycles. The number of anilines is 3. The van der Waals surface area contributed by atoms with Crippen molar-refractivity contribution in [3.05, 3.63) is 69.7 Å². The van der Waals surface area contributed by atoms with Gasteiger partial charge in [0.1, 0.15) is 35.9 Å². The quantitative estimate of drug-likeness (QED) is 0.320. The lowest BCUT2D eigenvalue weighted by atomic mass is 9.94. The van der Waals surface area contributed by atoms with Crippen molar-refractivity contribution < 1.29 is 9.47 Å². The number of aromatic nitrogens is 1. The fraction of sp³-hybridized carbons (Fsp3) is 0.130. The van der Waals surface area contributed by atoms with E-state index in [1.165, 1.54) is 7.11 Å². The molecule has 1 atom stereocenters. The smallest absolute Gasteiger partial charge is 0.211 e. The van der Waals surface area contributed by atoms with Crippen LogP contribution in [-0.2, 0) is 6.61 Å². The van der Waals surface area contributed by atoms with Crippen LogP contribution in [0.5, 0.6) is 11.5 Å². The van der Waals surface area contributed by atoms with E-state index in [4.69, 9.17) is 37.8 Å². The van der Waals surface area contributed by atoms with Gasteiger partial charge < -0.3 is 26.3 Å². The van der Waals surface area contributed by atoms with Crippen molar-refractivity contribution in [2.75, 3.05) is 23.9 Å². The number of nitrogens with zero attached hydrogens (tertiary/aromatic N) is 4. The highest BCUT2D eigenvalue weighted by Crippen LogP contribution is 2.45. The van der Waals surface area contributed by atoms with Gasteiger partial charge in [0, 0.05) is 21.7 Å². The third-order valence-corrected chi connectivity index (χ3v) is 5.58. The Labute approximate surface area is 200 Å². The topological polar surface area (TPSA) is 167 Å². The number of pyridine rings is 1. The number of para-hydroxylation sites is 1. The molecule has 4 rings (SSSR count). The lowest BCUT2D eigenvalue weighted by molar-refractivity contribution is 0.280. The van der Waals surface area contributed by atoms with Gasteiger partial charge in [-0.2, -0.15) is 10.5 Å². The van der Waals surface area contributed by atoms with E-state index in [0.717, 1.165) is 5.56 Å². The number of halogens is 1. The maximum atomic E-state index is 9.55. The fourth-order valence-corrected chi connectivity index (χ4v) is 3.82. The molecule has 6 N–H and O–H groups in total. The molecule has 170 valence electrons. The Hall–Kier alpha value is -4.67. The normalized spacial score (nSPS) is 14.0. The lowest BCUT2D eigenvalue weighted by Crippen LogP contribution is -2.33. The predicted molar refractivity (Wildman–Crippen MR) is 128 cm³/mol. The van der Waals surface area contributed by atoms with Gasteiger partial charge in [-0.15, -0.1) is 0 Å². The number of aliphatic imine (C=N–C) groups is 1. The van der Waals surface area contributed by atoms with Gasteiger partial charge in [0.05, 0.1) is 12.8 Å². The maximum absolute atomic E-state index is 9.55. The molecule has 1 unspecified atom stereocenters. The van der Waals surface area contributed by atoms with E-state index in [1.54, 1.807) is 24.3 Å². The minimum absolute atomic E-state index is 0.0379. The number of guanidine groups is 1. The van der Waals surface area contributed by atoms with E-state index in [2.05, 4.69) is 20.6 Å². The first-order valence-corrected chi connectivity index (χ1v) is 10.4. The summed E-state index contributed by atoms with van der Waals surface area (Å²) in [5.41, 5.74) is 14.2. The molecule has 0 fully saturated rings. The molecule has 2 heterocycles. The third kappa shape index (κ3) is 4.06. The molecule has 0 bridgehead atoms. The Morgan fingerprint density at radius 2 is 1.97 bits per heavy atom. The second kappa shape index (κ2) is 9.45. The first-order chi connectivity index (χ1) is 16.5. The number of benzene rings is 2. The summed E-state index contributed by atoms with van der Waals surface area (Å²) in [6.07, 6.45) is 1.83. The molecule has 0 spiro atoms. The Morgan fingerprint density at radius 3 is 2.68 bits per heavy atom. The van der Waals surface area contributed by atoms with E-state index in [-0.39, 0.29) is 35.5 Å². The fourth-order valence-electron chi connectivity index (χ4n) is 3.63. The van der Waals surface area contributed by atoms with Crippen LogP contribution in [0.2, 0.25) is 5.02 Å². The average molecular weight is 475 g/mol. The van der Waals surface area contributed by atoms with E-state index in [9.17, 15) is 5.26 Å². The van der Waals surface area contributed by atoms with E-state index < -0.39 is 6.04 Å². The van der Waals surface area contributed by atoms with Crippen LogP contribution >= 0.6 is 11.6 Å². The number of hydrogen-bond donors (Lipinski definition) is 4. The maximum Gasteiger partial charge on any atom is 0.211 e. The van der Waals surface area contributed by atoms with Crippen molar-refractivity contribution in [1.82, 2.24) is 10.3 Å². The van der Waals surface area contributed by atoms with Crippen LogP contribution in [0.25, 0.3) is 0 Å². The first kappa shape index (κ1) is 22.5. The van der Waals surface area contributed by atoms with Crippen molar-refractivity contribution in [2.45, 2.75) is 12.6 Å². The van der Waals surface area contributed by atoms with Crippen molar-refractivity contribution in [1.29, 1.82) is 10.5 Å². The van der Waals surface area contributed by atoms with Crippen molar-refractivity contribution >= 4 is 34.9 Å². The lowest BCUT2D eigenvalue weighted by Gasteiger charge is -2.27. The summed E-state index contributed by atoms with van der Waals surface area (Å²) in [6, 6.07) is 13.8. The summed E-state index contributed by atoms with van der Waals surface area (Å²) in [6.45, 7) is 0.163. The number of hydrogen-bond acceptors (Lipinski definition) is 10. The summed E-state index contributed by atoms with van der Waals surface area (Å²) in [5, 5.41) is 24.6. The number of nitrogens with one attached hydrogen (secondary N) is 2. The molecule has 0 saturated heterocycles. The Balaban J connectivity index is 1.88. The largest absolute Gasteiger partial charge is 0.493 e. The molecule has 11 heteroatoms. The standard InChI is InChI=1S/C23H19ClN8O2/c1-33-16-8-4-6-13(20(16)34-10-12-5-2-3-7-15(12)24)19-17-18(27)14(9-25)21(28)31-22(17)32-23(30-19)29-11-26/h2-8,19H,10H2,1H3,(H6,27,28,29,30,31,32). The second-order valence-corrected chi connectivity index (χ2v) is 7.57. The molecule has 2 aromatic carbocycles. The van der Waals surface area contributed by atoms with Crippen LogP contribution in [-0.4, -0.2) is 18.1 Å². The second-order valence-electron chi connectivity index (χ2n) is 7.16. The van der Waals surface area contributed by atoms with Crippen molar-refractivity contribution in [2.24, 2.45) is 4.99 Å². The molecule has 3 aromatic rings. The van der Waals surface area contributed by atoms with Gasteiger partial charge in [0.2, 0.25) is 5.96 Å². The minimum Gasteiger partial charge on any atom is -0.493 e. The monoisotopic (exact) mass is 474 g/mol. The van der Waals surface area contributed by atoms with E-state index >= 15 is 0 Å². The number of nitrogens with two attached hydrogens (primary N) is 2. The molecular formula is C23H19ClN8O2. The molecule has 1 aliphatic heterocycles. The van der Waals surface area contributed by atoms with Crippen LogP contribution in [0.4, 0.5) is 17.3 Å². The Kier molecular flexibility index (Phi) is 6.26. The highest BCUT2D eigenvalue weighted by atomic mass is 35.5. The minimum atomic E-state index is -0.788. The molecule has 0 aliphatic carbocycles. The van der Waals surface area contributed by atoms with Gasteiger partial charge in [-0.3, -0.25) is 5.32 Å². The summed E-state index contributed by atoms with van der Waals surface area (Å²) < 4.78 is 11.7. The molecular weight excluding hydrogens is 456 g/mol. The third-order valence-electron chi connectivity index (χ3n) is 5.21. The van der Waals surface area contributed by atoms with E-state index in [0.29, 0.717) is 27.6 Å². The predicted octanol–water partition coefficient (Wildman–Crippen LogP) is 3.30. The van der Waals surface area contributed by atoms with Gasteiger partial charge in [0.15, 0.2) is 17.7 Å². The SMILES string of the molecule is COc1cccc(C2N=C(NC#N)Nc3nc(N)c(C#N)c(N)c32)c1OCc1ccccc1Cl. The van der Waals surface area contributed by atoms with Crippen molar-refractivity contribution in [3.63, 3.8) is 0 Å². The number of nitrogen functional groups attached to an aromatic ring is 2. The molecule has 34 heavy (non-hydrogen) atoms. The summed E-state index contributed by atoms with van der Waals surface area (Å²) in [5.74, 6) is 1.22. The number of fused-ring (bicyclic) bond motifs is 1. The average Bonchev–Trinajstić information content (AvgIpc) is 2.83. The summed E-state index contributed by atoms with van der Waals surface area (Å²) >= 11 is 6.29. The zero-order valence-electron chi connectivity index (χ0n) is 18.0. The van der Waals surface area contributed by atoms with Gasteiger partial charge in [-0.05, 0) is 12.1 Å². The van der Waals surface area contributed by atoms with Crippen LogP contribution in [0, 0.1) is 22.8 Å². The van der Waals surface area contributed by atoms with Gasteiger partial charge in [-0.1, -0.05) is 41.9 Å². The summed E-state index contributed by atoms with van der Waals surface area (Å²) in [7, 11) is 1.52. The Morgan fingerprint density at radius 1 is 1.18 bits per heavy atom. The van der Waals surface area contributed by atoms with Crippen LogP contribution in [0.1, 0.15) is 28.3 Å². The van der Waals surface area contributed by atoms with Crippen LogP contribution in [0.3, 0.4) is 0 Å². The Bertz CT molecular complexity index is 1380. The highest BCUT2D eigenvalue weighted by Gasteiger charge is 2.32. The van der Waals surface area contributed by atoms with Crippen LogP contribution in [0.15, 0.2) is 47.5 Å². The first-order valence-electron chi connectivity index (χ1n) is 10.0. The van der Waals surface area contributed by atoms with Crippen LogP contribution < -0.4 is 31.6 Å². The van der Waals surface area contributed by atoms with Gasteiger partial charge in [-0.25, -0.2) is 9.98 Å². The van der Waals surface area contributed by atoms with E-state index in [1.807, 2.05) is 30.5 Å². The molecule has 0 radical (unpaired) electrons. The highest BCUT2D eigenvalue weighted by molar-refractivity contribution is 6.31.